The highest BCUT2D eigenvalue weighted by molar-refractivity contribution is 7.26. The van der Waals surface area contributed by atoms with Gasteiger partial charge in [-0.1, -0.05) is 36.4 Å². The smallest absolute Gasteiger partial charge is 0.200 e. The Bertz CT molecular complexity index is 1840. The van der Waals surface area contributed by atoms with Gasteiger partial charge in [0.1, 0.15) is 5.58 Å². The first-order chi connectivity index (χ1) is 19.7. The third kappa shape index (κ3) is 4.68. The number of ether oxygens (including phenoxy) is 1. The third-order valence-corrected chi connectivity index (χ3v) is 8.95. The summed E-state index contributed by atoms with van der Waals surface area (Å²) in [7, 11) is 0. The topological polar surface area (TPSA) is 85.7 Å². The number of anilines is 1. The maximum absolute atomic E-state index is 13.1. The number of nitrogens with two attached hydrogens (primary N) is 1. The Hall–Kier alpha value is -3.98. The fraction of sp³-hybridized carbons (Fsp3) is 0.250. The van der Waals surface area contributed by atoms with E-state index in [2.05, 4.69) is 51.2 Å². The molecule has 2 fully saturated rings. The minimum atomic E-state index is -0.0296. The highest BCUT2D eigenvalue weighted by Gasteiger charge is 2.20. The van der Waals surface area contributed by atoms with Gasteiger partial charge >= 0.3 is 0 Å². The average Bonchev–Trinajstić information content (AvgIpc) is 3.75. The zero-order chi connectivity index (χ0) is 27.1. The second-order valence-corrected chi connectivity index (χ2v) is 11.3. The molecule has 0 unspecified atom stereocenters. The lowest BCUT2D eigenvalue weighted by molar-refractivity contribution is -0.449. The lowest BCUT2D eigenvalue weighted by atomic mass is 9.99. The molecule has 2 aromatic heterocycles. The van der Waals surface area contributed by atoms with Crippen LogP contribution in [0.25, 0.3) is 47.8 Å². The molecule has 0 aliphatic carbocycles. The van der Waals surface area contributed by atoms with Crippen LogP contribution in [0.2, 0.25) is 0 Å². The van der Waals surface area contributed by atoms with Crippen LogP contribution in [-0.2, 0) is 4.74 Å². The fourth-order valence-electron chi connectivity index (χ4n) is 5.43. The summed E-state index contributed by atoms with van der Waals surface area (Å²) in [5, 5.41) is 2.95. The van der Waals surface area contributed by atoms with Gasteiger partial charge in [0.15, 0.2) is 24.1 Å². The second-order valence-electron chi connectivity index (χ2n) is 10.3. The zero-order valence-electron chi connectivity index (χ0n) is 22.2. The van der Waals surface area contributed by atoms with Crippen molar-refractivity contribution in [1.82, 2.24) is 4.90 Å². The second kappa shape index (κ2) is 10.5. The highest BCUT2D eigenvalue weighted by Crippen LogP contribution is 2.42. The van der Waals surface area contributed by atoms with Crippen LogP contribution in [-0.4, -0.2) is 63.6 Å². The molecule has 0 saturated carbocycles. The van der Waals surface area contributed by atoms with Gasteiger partial charge in [0.05, 0.1) is 30.7 Å². The van der Waals surface area contributed by atoms with E-state index in [1.807, 2.05) is 24.4 Å². The number of hydrogen-bond acceptors (Lipinski definition) is 7. The fourth-order valence-corrected chi connectivity index (χ4v) is 6.64. The number of para-hydroxylation sites is 1. The molecule has 3 aromatic carbocycles. The largest absolute Gasteiger partial charge is 0.440 e. The van der Waals surface area contributed by atoms with Crippen molar-refractivity contribution < 1.29 is 14.1 Å². The Kier molecular flexibility index (Phi) is 6.59. The SMILES string of the molecule is N/C=C(\C=[NH+]CCN1CC1)c1ccc2sc3c(-c4cccc5c(=O)cc(N6CCOCC6)oc45)cccc3c2c1. The van der Waals surface area contributed by atoms with E-state index >= 15 is 0 Å². The Labute approximate surface area is 235 Å². The van der Waals surface area contributed by atoms with E-state index in [0.717, 1.165) is 35.4 Å². The lowest BCUT2D eigenvalue weighted by Gasteiger charge is -2.27. The van der Waals surface area contributed by atoms with Crippen LogP contribution in [0.15, 0.2) is 76.1 Å². The average molecular weight is 552 g/mol. The lowest BCUT2D eigenvalue weighted by Crippen LogP contribution is -2.70. The molecule has 40 heavy (non-hydrogen) atoms. The number of nitrogens with one attached hydrogen (secondary N) is 1. The number of fused-ring (bicyclic) bond motifs is 4. The van der Waals surface area contributed by atoms with E-state index in [-0.39, 0.29) is 5.43 Å². The van der Waals surface area contributed by atoms with Gasteiger partial charge in [-0.05, 0) is 23.8 Å². The van der Waals surface area contributed by atoms with Crippen molar-refractivity contribution in [2.45, 2.75) is 0 Å². The first-order valence-electron chi connectivity index (χ1n) is 13.8. The molecule has 0 radical (unpaired) electrons. The monoisotopic (exact) mass is 551 g/mol. The van der Waals surface area contributed by atoms with Crippen LogP contribution in [0.3, 0.4) is 0 Å². The van der Waals surface area contributed by atoms with Crippen molar-refractivity contribution in [3.05, 3.63) is 82.7 Å². The van der Waals surface area contributed by atoms with Crippen molar-refractivity contribution in [3.63, 3.8) is 0 Å². The minimum absolute atomic E-state index is 0.0296. The summed E-state index contributed by atoms with van der Waals surface area (Å²) in [4.78, 5) is 21.0. The number of benzene rings is 3. The van der Waals surface area contributed by atoms with E-state index in [1.54, 1.807) is 23.6 Å². The number of allylic oxidation sites excluding steroid dienone is 1. The molecule has 0 atom stereocenters. The van der Waals surface area contributed by atoms with Crippen LogP contribution in [0, 0.1) is 0 Å². The van der Waals surface area contributed by atoms with Gasteiger partial charge in [-0.3, -0.25) is 9.69 Å². The number of hydrogen-bond donors (Lipinski definition) is 2. The van der Waals surface area contributed by atoms with Crippen molar-refractivity contribution in [1.29, 1.82) is 0 Å². The molecule has 0 amide bonds. The zero-order valence-corrected chi connectivity index (χ0v) is 23.0. The summed E-state index contributed by atoms with van der Waals surface area (Å²) in [6.45, 7) is 7.01. The van der Waals surface area contributed by atoms with Crippen LogP contribution < -0.4 is 21.1 Å². The summed E-state index contributed by atoms with van der Waals surface area (Å²) < 4.78 is 14.3. The molecule has 202 valence electrons. The summed E-state index contributed by atoms with van der Waals surface area (Å²) >= 11 is 1.76. The highest BCUT2D eigenvalue weighted by atomic mass is 32.1. The summed E-state index contributed by atoms with van der Waals surface area (Å²) in [5.41, 5.74) is 10.7. The van der Waals surface area contributed by atoms with Gasteiger partial charge in [-0.2, -0.15) is 0 Å². The first kappa shape index (κ1) is 25.0. The normalized spacial score (nSPS) is 16.6. The van der Waals surface area contributed by atoms with Gasteiger partial charge in [-0.15, -0.1) is 11.3 Å². The van der Waals surface area contributed by atoms with Crippen LogP contribution in [0.4, 0.5) is 5.88 Å². The molecule has 0 bridgehead atoms. The molecule has 7 nitrogen and oxygen atoms in total. The van der Waals surface area contributed by atoms with Crippen LogP contribution in [0.1, 0.15) is 5.56 Å². The van der Waals surface area contributed by atoms with Gasteiger partial charge in [0, 0.05) is 69.7 Å². The van der Waals surface area contributed by atoms with Gasteiger partial charge < -0.3 is 19.8 Å². The Balaban J connectivity index is 1.31. The number of morpholine rings is 1. The number of thiophene rings is 1. The van der Waals surface area contributed by atoms with Crippen molar-refractivity contribution in [2.24, 2.45) is 5.73 Å². The van der Waals surface area contributed by atoms with Gasteiger partial charge in [0.25, 0.3) is 0 Å². The molecule has 5 aromatic rings. The van der Waals surface area contributed by atoms with Crippen LogP contribution in [0.5, 0.6) is 0 Å². The first-order valence-corrected chi connectivity index (χ1v) is 14.6. The molecule has 2 aliphatic rings. The van der Waals surface area contributed by atoms with E-state index in [4.69, 9.17) is 14.9 Å². The van der Waals surface area contributed by atoms with Crippen molar-refractivity contribution in [3.8, 4) is 11.1 Å². The number of nitrogens with zero attached hydrogens (tertiary/aromatic N) is 2. The van der Waals surface area contributed by atoms with Gasteiger partial charge in [0.2, 0.25) is 0 Å². The third-order valence-electron chi connectivity index (χ3n) is 7.73. The maximum atomic E-state index is 13.1. The predicted molar refractivity (Wildman–Crippen MR) is 164 cm³/mol. The van der Waals surface area contributed by atoms with E-state index in [9.17, 15) is 4.79 Å². The standard InChI is InChI=1S/C32H30N4O3S/c33-19-22(20-34-9-10-35-11-12-35)21-7-8-29-27(17-21)25-5-2-4-24(32(25)40-29)23-3-1-6-26-28(37)18-30(39-31(23)26)36-13-15-38-16-14-36/h1-8,17-20H,9-16,33H2/p+1/b22-19+,34-20?. The molecule has 2 aliphatic heterocycles. The Morgan fingerprint density at radius 1 is 0.950 bits per heavy atom. The Morgan fingerprint density at radius 2 is 1.75 bits per heavy atom. The van der Waals surface area contributed by atoms with Crippen molar-refractivity contribution in [2.75, 3.05) is 57.4 Å². The van der Waals surface area contributed by atoms with Crippen molar-refractivity contribution >= 4 is 60.2 Å². The molecule has 8 heteroatoms. The summed E-state index contributed by atoms with van der Waals surface area (Å²) in [6, 6.07) is 20.3. The molecule has 0 spiro atoms. The maximum Gasteiger partial charge on any atom is 0.200 e. The Morgan fingerprint density at radius 3 is 2.55 bits per heavy atom. The molecule has 3 N–H and O–H groups in total. The quantitative estimate of drug-likeness (QED) is 0.238. The van der Waals surface area contributed by atoms with Crippen LogP contribution >= 0.6 is 11.3 Å². The summed E-state index contributed by atoms with van der Waals surface area (Å²) in [6.07, 6.45) is 3.67. The minimum Gasteiger partial charge on any atom is -0.440 e. The van der Waals surface area contributed by atoms with E-state index in [1.165, 1.54) is 33.3 Å². The molecule has 4 heterocycles. The molecule has 7 rings (SSSR count). The van der Waals surface area contributed by atoms with E-state index in [0.29, 0.717) is 43.2 Å². The molecular weight excluding hydrogens is 520 g/mol. The molecular formula is C32H31N4O3S+. The molecule has 2 saturated heterocycles. The van der Waals surface area contributed by atoms with E-state index < -0.39 is 0 Å². The summed E-state index contributed by atoms with van der Waals surface area (Å²) in [5.74, 6) is 0.599. The van der Waals surface area contributed by atoms with Gasteiger partial charge in [-0.25, -0.2) is 4.99 Å². The predicted octanol–water partition coefficient (Wildman–Crippen LogP) is 3.43. The number of rotatable bonds is 7.